The number of aromatic nitrogens is 3. The van der Waals surface area contributed by atoms with Crippen LogP contribution in [0.5, 0.6) is 11.5 Å². The highest BCUT2D eigenvalue weighted by atomic mass is 16.5. The number of aliphatic hydroxyl groups is 1. The van der Waals surface area contributed by atoms with Gasteiger partial charge in [0.25, 0.3) is 5.91 Å². The summed E-state index contributed by atoms with van der Waals surface area (Å²) in [6.07, 6.45) is 3.47. The molecule has 2 N–H and O–H groups in total. The van der Waals surface area contributed by atoms with Crippen LogP contribution in [0.15, 0.2) is 6.33 Å². The lowest BCUT2D eigenvalue weighted by atomic mass is 9.85. The van der Waals surface area contributed by atoms with Crippen molar-refractivity contribution in [1.82, 2.24) is 19.7 Å². The quantitative estimate of drug-likeness (QED) is 0.780. The number of aromatic hydroxyl groups is 1. The highest BCUT2D eigenvalue weighted by Crippen LogP contribution is 2.44. The molecular formula is C22H30N4O4. The zero-order valence-electron chi connectivity index (χ0n) is 18.3. The Morgan fingerprint density at radius 3 is 2.40 bits per heavy atom. The van der Waals surface area contributed by atoms with Crippen LogP contribution in [-0.2, 0) is 23.9 Å². The minimum Gasteiger partial charge on any atom is -0.507 e. The Morgan fingerprint density at radius 2 is 1.80 bits per heavy atom. The number of phenols is 1. The van der Waals surface area contributed by atoms with Crippen LogP contribution < -0.4 is 4.74 Å². The summed E-state index contributed by atoms with van der Waals surface area (Å²) in [6.45, 7) is 8.39. The lowest BCUT2D eigenvalue weighted by molar-refractivity contribution is -0.153. The molecular weight excluding hydrogens is 384 g/mol. The second kappa shape index (κ2) is 6.97. The van der Waals surface area contributed by atoms with Gasteiger partial charge in [0.05, 0.1) is 0 Å². The number of hydrogen-bond acceptors (Lipinski definition) is 6. The average molecular weight is 415 g/mol. The molecule has 0 bridgehead atoms. The van der Waals surface area contributed by atoms with Crippen LogP contribution in [0.4, 0.5) is 0 Å². The average Bonchev–Trinajstić information content (AvgIpc) is 3.17. The molecule has 1 unspecified atom stereocenters. The first-order valence-corrected chi connectivity index (χ1v) is 10.4. The van der Waals surface area contributed by atoms with Crippen LogP contribution in [0.3, 0.4) is 0 Å². The van der Waals surface area contributed by atoms with Gasteiger partial charge in [-0.2, -0.15) is 5.10 Å². The van der Waals surface area contributed by atoms with Gasteiger partial charge in [0.15, 0.2) is 11.4 Å². The number of aryl methyl sites for hydroxylation is 1. The van der Waals surface area contributed by atoms with E-state index in [9.17, 15) is 15.0 Å². The SMILES string of the molecule is Cc1c(C)c2c(c(C)c1O)CCC(C)(C(=O)N1CCC(O)(c3ncnn3C)CC1)O2. The van der Waals surface area contributed by atoms with Crippen molar-refractivity contribution in [3.63, 3.8) is 0 Å². The van der Waals surface area contributed by atoms with E-state index in [0.717, 1.165) is 28.0 Å². The van der Waals surface area contributed by atoms with E-state index in [0.29, 0.717) is 50.3 Å². The van der Waals surface area contributed by atoms with Gasteiger partial charge >= 0.3 is 0 Å². The Labute approximate surface area is 176 Å². The molecule has 1 aromatic heterocycles. The van der Waals surface area contributed by atoms with Gasteiger partial charge in [0.1, 0.15) is 23.4 Å². The normalized spacial score (nSPS) is 23.1. The molecule has 1 aromatic carbocycles. The maximum atomic E-state index is 13.4. The molecule has 2 aliphatic rings. The maximum Gasteiger partial charge on any atom is 0.266 e. The maximum absolute atomic E-state index is 13.4. The van der Waals surface area contributed by atoms with Gasteiger partial charge in [-0.1, -0.05) is 0 Å². The van der Waals surface area contributed by atoms with Crippen molar-refractivity contribution in [2.45, 2.75) is 64.6 Å². The number of hydrogen-bond donors (Lipinski definition) is 2. The Balaban J connectivity index is 1.53. The summed E-state index contributed by atoms with van der Waals surface area (Å²) >= 11 is 0. The summed E-state index contributed by atoms with van der Waals surface area (Å²) in [5.41, 5.74) is 1.43. The minimum atomic E-state index is -1.08. The van der Waals surface area contributed by atoms with E-state index in [1.165, 1.54) is 6.33 Å². The molecule has 1 fully saturated rings. The summed E-state index contributed by atoms with van der Waals surface area (Å²) in [7, 11) is 1.76. The smallest absolute Gasteiger partial charge is 0.266 e. The molecule has 162 valence electrons. The highest BCUT2D eigenvalue weighted by Gasteiger charge is 2.46. The molecule has 8 nitrogen and oxygen atoms in total. The first-order valence-electron chi connectivity index (χ1n) is 10.4. The van der Waals surface area contributed by atoms with Gasteiger partial charge in [-0.05, 0) is 50.8 Å². The van der Waals surface area contributed by atoms with Crippen LogP contribution in [-0.4, -0.2) is 54.5 Å². The number of rotatable bonds is 2. The number of amides is 1. The summed E-state index contributed by atoms with van der Waals surface area (Å²) in [4.78, 5) is 19.4. The molecule has 2 aliphatic heterocycles. The van der Waals surface area contributed by atoms with Crippen LogP contribution in [0.2, 0.25) is 0 Å². The molecule has 2 aromatic rings. The van der Waals surface area contributed by atoms with Crippen LogP contribution in [0.25, 0.3) is 0 Å². The monoisotopic (exact) mass is 414 g/mol. The molecule has 1 saturated heterocycles. The van der Waals surface area contributed by atoms with E-state index in [1.807, 2.05) is 27.7 Å². The molecule has 0 spiro atoms. The van der Waals surface area contributed by atoms with Crippen LogP contribution in [0.1, 0.15) is 54.3 Å². The van der Waals surface area contributed by atoms with Gasteiger partial charge < -0.3 is 19.8 Å². The number of phenolic OH excluding ortho intramolecular Hbond substituents is 1. The summed E-state index contributed by atoms with van der Waals surface area (Å²) < 4.78 is 7.92. The van der Waals surface area contributed by atoms with Crippen molar-refractivity contribution in [2.75, 3.05) is 13.1 Å². The Morgan fingerprint density at radius 1 is 1.13 bits per heavy atom. The lowest BCUT2D eigenvalue weighted by Gasteiger charge is -2.43. The number of likely N-dealkylation sites (tertiary alicyclic amines) is 1. The predicted molar refractivity (Wildman–Crippen MR) is 110 cm³/mol. The van der Waals surface area contributed by atoms with Crippen LogP contribution >= 0.6 is 0 Å². The molecule has 1 atom stereocenters. The second-order valence-corrected chi connectivity index (χ2v) is 8.90. The molecule has 1 amide bonds. The van der Waals surface area contributed by atoms with E-state index < -0.39 is 11.2 Å². The fourth-order valence-corrected chi connectivity index (χ4v) is 4.75. The number of nitrogens with zero attached hydrogens (tertiary/aromatic N) is 4. The topological polar surface area (TPSA) is 101 Å². The first-order chi connectivity index (χ1) is 14.1. The van der Waals surface area contributed by atoms with Crippen molar-refractivity contribution >= 4 is 5.91 Å². The molecule has 0 saturated carbocycles. The fourth-order valence-electron chi connectivity index (χ4n) is 4.75. The van der Waals surface area contributed by atoms with Gasteiger partial charge in [-0.3, -0.25) is 9.48 Å². The van der Waals surface area contributed by atoms with E-state index in [-0.39, 0.29) is 5.91 Å². The molecule has 0 radical (unpaired) electrons. The predicted octanol–water partition coefficient (Wildman–Crippen LogP) is 2.04. The van der Waals surface area contributed by atoms with E-state index in [2.05, 4.69) is 10.1 Å². The summed E-state index contributed by atoms with van der Waals surface area (Å²) in [5, 5.41) is 25.4. The van der Waals surface area contributed by atoms with Gasteiger partial charge in [0.2, 0.25) is 0 Å². The van der Waals surface area contributed by atoms with Crippen LogP contribution in [0, 0.1) is 20.8 Å². The number of piperidine rings is 1. The molecule has 4 rings (SSSR count). The third kappa shape index (κ3) is 3.05. The van der Waals surface area contributed by atoms with E-state index >= 15 is 0 Å². The van der Waals surface area contributed by atoms with Crippen molar-refractivity contribution < 1.29 is 19.7 Å². The van der Waals surface area contributed by atoms with Gasteiger partial charge in [-0.25, -0.2) is 4.98 Å². The van der Waals surface area contributed by atoms with E-state index in [4.69, 9.17) is 4.74 Å². The van der Waals surface area contributed by atoms with Crippen molar-refractivity contribution in [3.8, 4) is 11.5 Å². The van der Waals surface area contributed by atoms with Crippen molar-refractivity contribution in [2.24, 2.45) is 7.05 Å². The number of carbonyl (C=O) groups excluding carboxylic acids is 1. The summed E-state index contributed by atoms with van der Waals surface area (Å²) in [6, 6.07) is 0. The molecule has 3 heterocycles. The molecule has 0 aliphatic carbocycles. The third-order valence-corrected chi connectivity index (χ3v) is 6.98. The van der Waals surface area contributed by atoms with Crippen molar-refractivity contribution in [3.05, 3.63) is 34.4 Å². The number of benzene rings is 1. The Hall–Kier alpha value is -2.61. The first kappa shape index (κ1) is 20.7. The standard InChI is InChI=1S/C22H30N4O4/c1-13-14(2)18-16(15(3)17(13)27)6-7-21(4,30-18)20(28)26-10-8-22(29,9-11-26)19-23-12-24-25(19)5/h12,27,29H,6-11H2,1-5H3. The zero-order valence-corrected chi connectivity index (χ0v) is 18.3. The molecule has 30 heavy (non-hydrogen) atoms. The third-order valence-electron chi connectivity index (χ3n) is 6.98. The fraction of sp³-hybridized carbons (Fsp3) is 0.591. The van der Waals surface area contributed by atoms with Gasteiger partial charge in [-0.15, -0.1) is 0 Å². The Kier molecular flexibility index (Phi) is 4.80. The van der Waals surface area contributed by atoms with Gasteiger partial charge in [0, 0.05) is 45.0 Å². The second-order valence-electron chi connectivity index (χ2n) is 8.90. The highest BCUT2D eigenvalue weighted by molar-refractivity contribution is 5.86. The number of ether oxygens (including phenoxy) is 1. The largest absolute Gasteiger partial charge is 0.507 e. The Bertz CT molecular complexity index is 1010. The lowest BCUT2D eigenvalue weighted by Crippen LogP contribution is -2.56. The summed E-state index contributed by atoms with van der Waals surface area (Å²) in [5.74, 6) is 1.50. The molecule has 8 heteroatoms. The minimum absolute atomic E-state index is 0.0593. The zero-order chi connectivity index (χ0) is 21.8. The van der Waals surface area contributed by atoms with Crippen molar-refractivity contribution in [1.29, 1.82) is 0 Å². The van der Waals surface area contributed by atoms with E-state index in [1.54, 1.807) is 16.6 Å². The number of carbonyl (C=O) groups is 1. The number of fused-ring (bicyclic) bond motifs is 1.